The molecule has 3 aromatic carbocycles. The van der Waals surface area contributed by atoms with E-state index in [2.05, 4.69) is 10.3 Å². The van der Waals surface area contributed by atoms with E-state index in [1.54, 1.807) is 49.8 Å². The highest BCUT2D eigenvalue weighted by atomic mass is 19.1. The van der Waals surface area contributed by atoms with Gasteiger partial charge < -0.3 is 19.7 Å². The van der Waals surface area contributed by atoms with E-state index in [0.717, 1.165) is 5.56 Å². The van der Waals surface area contributed by atoms with Gasteiger partial charge in [-0.15, -0.1) is 0 Å². The van der Waals surface area contributed by atoms with Gasteiger partial charge >= 0.3 is 0 Å². The average Bonchev–Trinajstić information content (AvgIpc) is 2.97. The van der Waals surface area contributed by atoms with Gasteiger partial charge in [0.05, 0.1) is 20.6 Å². The molecule has 0 aliphatic rings. The van der Waals surface area contributed by atoms with Crippen molar-refractivity contribution in [2.45, 2.75) is 25.6 Å². The number of halogens is 1. The molecular weight excluding hydrogens is 497 g/mol. The summed E-state index contributed by atoms with van der Waals surface area (Å²) in [5.74, 6) is 0.0639. The number of ether oxygens (including phenoxy) is 2. The Morgan fingerprint density at radius 3 is 2.18 bits per heavy atom. The molecule has 39 heavy (non-hydrogen) atoms. The summed E-state index contributed by atoms with van der Waals surface area (Å²) in [5.41, 5.74) is 2.94. The molecule has 1 atom stereocenters. The molecule has 2 amide bonds. The fraction of sp³-hybridized carbons (Fsp3) is 0.194. The molecule has 0 radical (unpaired) electrons. The first-order valence-electron chi connectivity index (χ1n) is 12.4. The summed E-state index contributed by atoms with van der Waals surface area (Å²) in [7, 11) is 3.07. The van der Waals surface area contributed by atoms with Crippen molar-refractivity contribution in [3.05, 3.63) is 125 Å². The Hall–Kier alpha value is -4.72. The van der Waals surface area contributed by atoms with Crippen LogP contribution < -0.4 is 14.8 Å². The van der Waals surface area contributed by atoms with E-state index in [9.17, 15) is 14.0 Å². The second-order valence-corrected chi connectivity index (χ2v) is 8.90. The van der Waals surface area contributed by atoms with E-state index >= 15 is 0 Å². The highest BCUT2D eigenvalue weighted by Crippen LogP contribution is 2.29. The third-order valence-electron chi connectivity index (χ3n) is 6.28. The van der Waals surface area contributed by atoms with E-state index in [1.807, 2.05) is 42.5 Å². The maximum absolute atomic E-state index is 13.9. The highest BCUT2D eigenvalue weighted by Gasteiger charge is 2.31. The average molecular weight is 528 g/mol. The second kappa shape index (κ2) is 13.2. The quantitative estimate of drug-likeness (QED) is 0.301. The number of hydrogen-bond acceptors (Lipinski definition) is 5. The molecule has 1 N–H and O–H groups in total. The van der Waals surface area contributed by atoms with Crippen molar-refractivity contribution in [3.63, 3.8) is 0 Å². The number of rotatable bonds is 11. The Morgan fingerprint density at radius 2 is 1.51 bits per heavy atom. The number of nitrogens with zero attached hydrogens (tertiary/aromatic N) is 2. The van der Waals surface area contributed by atoms with Gasteiger partial charge in [0.15, 0.2) is 11.5 Å². The lowest BCUT2D eigenvalue weighted by molar-refractivity contribution is -0.141. The molecular formula is C31H30FN3O4. The molecule has 0 saturated heterocycles. The predicted molar refractivity (Wildman–Crippen MR) is 145 cm³/mol. The summed E-state index contributed by atoms with van der Waals surface area (Å²) >= 11 is 0. The molecule has 4 rings (SSSR count). The molecule has 0 aliphatic heterocycles. The van der Waals surface area contributed by atoms with Crippen LogP contribution in [-0.4, -0.2) is 35.9 Å². The van der Waals surface area contributed by atoms with Crippen molar-refractivity contribution in [2.75, 3.05) is 14.2 Å². The lowest BCUT2D eigenvalue weighted by Gasteiger charge is -2.32. The Balaban J connectivity index is 1.68. The summed E-state index contributed by atoms with van der Waals surface area (Å²) in [6.45, 7) is 0.383. The van der Waals surface area contributed by atoms with Crippen LogP contribution in [0.4, 0.5) is 4.39 Å². The first kappa shape index (κ1) is 27.3. The first-order chi connectivity index (χ1) is 19.0. The zero-order valence-corrected chi connectivity index (χ0v) is 21.8. The highest BCUT2D eigenvalue weighted by molar-refractivity contribution is 5.89. The van der Waals surface area contributed by atoms with Crippen LogP contribution in [0.2, 0.25) is 0 Å². The van der Waals surface area contributed by atoms with Crippen LogP contribution in [0.15, 0.2) is 97.3 Å². The zero-order chi connectivity index (χ0) is 27.6. The molecule has 0 saturated carbocycles. The van der Waals surface area contributed by atoms with Gasteiger partial charge in [-0.3, -0.25) is 14.6 Å². The maximum Gasteiger partial charge on any atom is 0.247 e. The van der Waals surface area contributed by atoms with Gasteiger partial charge in [-0.1, -0.05) is 48.5 Å². The number of aromatic nitrogens is 1. The minimum Gasteiger partial charge on any atom is -0.493 e. The standard InChI is InChI=1S/C31H30FN3O4/c1-38-27-13-10-24(18-28(27)39-2)19-29(36)35(21-23-8-11-26(32)12-9-23)30(25-6-4-3-5-7-25)31(37)34-20-22-14-16-33-17-15-22/h3-18,30H,19-21H2,1-2H3,(H,34,37)/t30-/m1/s1. The molecule has 1 heterocycles. The van der Waals surface area contributed by atoms with E-state index in [-0.39, 0.29) is 37.1 Å². The SMILES string of the molecule is COc1ccc(CC(=O)N(Cc2ccc(F)cc2)[C@@H](C(=O)NCc2ccncc2)c2ccccc2)cc1OC. The summed E-state index contributed by atoms with van der Waals surface area (Å²) in [5, 5.41) is 2.97. The van der Waals surface area contributed by atoms with E-state index in [4.69, 9.17) is 9.47 Å². The van der Waals surface area contributed by atoms with Crippen molar-refractivity contribution in [1.29, 1.82) is 0 Å². The molecule has 4 aromatic rings. The van der Waals surface area contributed by atoms with Crippen LogP contribution in [0.25, 0.3) is 0 Å². The molecule has 1 aromatic heterocycles. The monoisotopic (exact) mass is 527 g/mol. The zero-order valence-electron chi connectivity index (χ0n) is 21.8. The number of nitrogens with one attached hydrogen (secondary N) is 1. The number of hydrogen-bond donors (Lipinski definition) is 1. The third kappa shape index (κ3) is 7.19. The Bertz CT molecular complexity index is 1380. The van der Waals surface area contributed by atoms with Crippen molar-refractivity contribution < 1.29 is 23.5 Å². The van der Waals surface area contributed by atoms with Crippen molar-refractivity contribution >= 4 is 11.8 Å². The topological polar surface area (TPSA) is 80.8 Å². The van der Waals surface area contributed by atoms with E-state index in [1.165, 1.54) is 24.1 Å². The largest absolute Gasteiger partial charge is 0.493 e. The van der Waals surface area contributed by atoms with Crippen molar-refractivity contribution in [3.8, 4) is 11.5 Å². The number of carbonyl (C=O) groups is 2. The minimum atomic E-state index is -0.925. The number of benzene rings is 3. The van der Waals surface area contributed by atoms with Crippen molar-refractivity contribution in [2.24, 2.45) is 0 Å². The normalized spacial score (nSPS) is 11.4. The maximum atomic E-state index is 13.9. The summed E-state index contributed by atoms with van der Waals surface area (Å²) in [4.78, 5) is 33.2. The molecule has 0 unspecified atom stereocenters. The van der Waals surface area contributed by atoms with Crippen LogP contribution in [-0.2, 0) is 29.1 Å². The van der Waals surface area contributed by atoms with Crippen LogP contribution in [0.5, 0.6) is 11.5 Å². The van der Waals surface area contributed by atoms with Gasteiger partial charge in [0, 0.05) is 25.5 Å². The molecule has 0 spiro atoms. The lowest BCUT2D eigenvalue weighted by Crippen LogP contribution is -2.43. The fourth-order valence-corrected chi connectivity index (χ4v) is 4.27. The fourth-order valence-electron chi connectivity index (χ4n) is 4.27. The van der Waals surface area contributed by atoms with Gasteiger partial charge in [0.25, 0.3) is 0 Å². The first-order valence-corrected chi connectivity index (χ1v) is 12.4. The van der Waals surface area contributed by atoms with Gasteiger partial charge in [-0.25, -0.2) is 4.39 Å². The van der Waals surface area contributed by atoms with Gasteiger partial charge in [-0.2, -0.15) is 0 Å². The van der Waals surface area contributed by atoms with E-state index in [0.29, 0.717) is 28.2 Å². The summed E-state index contributed by atoms with van der Waals surface area (Å²) in [6, 6.07) is 23.0. The second-order valence-electron chi connectivity index (χ2n) is 8.90. The number of pyridine rings is 1. The van der Waals surface area contributed by atoms with Crippen LogP contribution >= 0.6 is 0 Å². The number of amides is 2. The molecule has 200 valence electrons. The smallest absolute Gasteiger partial charge is 0.247 e. The summed E-state index contributed by atoms with van der Waals surface area (Å²) in [6.07, 6.45) is 3.33. The minimum absolute atomic E-state index is 0.0164. The van der Waals surface area contributed by atoms with Crippen LogP contribution in [0, 0.1) is 5.82 Å². The summed E-state index contributed by atoms with van der Waals surface area (Å²) < 4.78 is 24.4. The Kier molecular flexibility index (Phi) is 9.24. The van der Waals surface area contributed by atoms with Gasteiger partial charge in [-0.05, 0) is 58.7 Å². The van der Waals surface area contributed by atoms with Gasteiger partial charge in [0.2, 0.25) is 11.8 Å². The predicted octanol–water partition coefficient (Wildman–Crippen LogP) is 4.87. The van der Waals surface area contributed by atoms with Gasteiger partial charge in [0.1, 0.15) is 11.9 Å². The third-order valence-corrected chi connectivity index (χ3v) is 6.28. The Morgan fingerprint density at radius 1 is 0.846 bits per heavy atom. The lowest BCUT2D eigenvalue weighted by atomic mass is 10.0. The molecule has 0 fully saturated rings. The molecule has 0 bridgehead atoms. The molecule has 7 nitrogen and oxygen atoms in total. The number of carbonyl (C=O) groups excluding carboxylic acids is 2. The Labute approximate surface area is 227 Å². The molecule has 0 aliphatic carbocycles. The van der Waals surface area contributed by atoms with Crippen LogP contribution in [0.3, 0.4) is 0 Å². The number of methoxy groups -OCH3 is 2. The molecule has 8 heteroatoms. The van der Waals surface area contributed by atoms with E-state index < -0.39 is 6.04 Å². The van der Waals surface area contributed by atoms with Crippen molar-refractivity contribution in [1.82, 2.24) is 15.2 Å². The van der Waals surface area contributed by atoms with Crippen LogP contribution in [0.1, 0.15) is 28.3 Å².